The van der Waals surface area contributed by atoms with Crippen LogP contribution in [0, 0.1) is 11.7 Å². The monoisotopic (exact) mass is 330 g/mol. The van der Waals surface area contributed by atoms with Gasteiger partial charge in [-0.05, 0) is 24.5 Å². The number of hydrogen-bond donors (Lipinski definition) is 2. The Morgan fingerprint density at radius 1 is 1.63 bits per heavy atom. The van der Waals surface area contributed by atoms with Gasteiger partial charge in [0, 0.05) is 23.2 Å². The lowest BCUT2D eigenvalue weighted by Gasteiger charge is -2.18. The van der Waals surface area contributed by atoms with Crippen LogP contribution in [-0.4, -0.2) is 25.7 Å². The van der Waals surface area contributed by atoms with Gasteiger partial charge >= 0.3 is 0 Å². The fourth-order valence-electron chi connectivity index (χ4n) is 2.13. The zero-order chi connectivity index (χ0) is 13.8. The van der Waals surface area contributed by atoms with Gasteiger partial charge in [0.1, 0.15) is 11.9 Å². The minimum atomic E-state index is -0.811. The van der Waals surface area contributed by atoms with Crippen LogP contribution in [-0.2, 0) is 9.53 Å². The summed E-state index contributed by atoms with van der Waals surface area (Å²) in [5, 5.41) is 3.03. The molecule has 4 nitrogen and oxygen atoms in total. The lowest BCUT2D eigenvalue weighted by molar-refractivity contribution is -0.120. The Morgan fingerprint density at radius 2 is 2.42 bits per heavy atom. The van der Waals surface area contributed by atoms with E-state index in [0.29, 0.717) is 23.5 Å². The molecule has 1 heterocycles. The molecule has 0 aliphatic carbocycles. The lowest BCUT2D eigenvalue weighted by atomic mass is 10.0. The first-order valence-corrected chi connectivity index (χ1v) is 6.92. The van der Waals surface area contributed by atoms with Gasteiger partial charge in [0.15, 0.2) is 0 Å². The fraction of sp³-hybridized carbons (Fsp3) is 0.462. The molecule has 1 aliphatic heterocycles. The van der Waals surface area contributed by atoms with E-state index in [0.717, 1.165) is 13.0 Å². The number of rotatable bonds is 5. The second kappa shape index (κ2) is 6.45. The van der Waals surface area contributed by atoms with Gasteiger partial charge in [-0.1, -0.05) is 22.0 Å². The minimum Gasteiger partial charge on any atom is -0.381 e. The molecule has 1 aliphatic rings. The van der Waals surface area contributed by atoms with E-state index in [-0.39, 0.29) is 5.56 Å². The lowest BCUT2D eigenvalue weighted by Crippen LogP contribution is -2.37. The van der Waals surface area contributed by atoms with Gasteiger partial charge in [-0.25, -0.2) is 4.39 Å². The van der Waals surface area contributed by atoms with Crippen molar-refractivity contribution in [3.63, 3.8) is 0 Å². The maximum atomic E-state index is 13.9. The highest BCUT2D eigenvalue weighted by molar-refractivity contribution is 9.10. The molecule has 0 saturated carbocycles. The van der Waals surface area contributed by atoms with Crippen LogP contribution in [0.1, 0.15) is 18.0 Å². The molecule has 2 atom stereocenters. The molecular formula is C13H16BrFN2O2. The zero-order valence-corrected chi connectivity index (χ0v) is 12.0. The number of hydrogen-bond acceptors (Lipinski definition) is 3. The summed E-state index contributed by atoms with van der Waals surface area (Å²) in [4.78, 5) is 11.5. The first kappa shape index (κ1) is 14.4. The molecule has 1 saturated heterocycles. The Kier molecular flexibility index (Phi) is 4.90. The summed E-state index contributed by atoms with van der Waals surface area (Å²) >= 11 is 3.18. The van der Waals surface area contributed by atoms with Crippen molar-refractivity contribution in [2.45, 2.75) is 12.5 Å². The number of ether oxygens (including phenoxy) is 1. The summed E-state index contributed by atoms with van der Waals surface area (Å²) in [5.41, 5.74) is 5.62. The number of halogens is 2. The standard InChI is InChI=1S/C13H16BrFN2O2/c14-9-1-2-10(11(15)5-9)12(13(16)18)17-6-8-3-4-19-7-8/h1-2,5,8,12,17H,3-4,6-7H2,(H2,16,18)/t8-,12-/m0/s1. The summed E-state index contributed by atoms with van der Waals surface area (Å²) < 4.78 is 19.7. The molecule has 0 spiro atoms. The molecule has 2 rings (SSSR count). The summed E-state index contributed by atoms with van der Waals surface area (Å²) in [7, 11) is 0. The van der Waals surface area contributed by atoms with Gasteiger partial charge < -0.3 is 15.8 Å². The first-order chi connectivity index (χ1) is 9.08. The van der Waals surface area contributed by atoms with Crippen LogP contribution >= 0.6 is 15.9 Å². The highest BCUT2D eigenvalue weighted by Crippen LogP contribution is 2.22. The summed E-state index contributed by atoms with van der Waals surface area (Å²) in [6, 6.07) is 3.77. The van der Waals surface area contributed by atoms with Gasteiger partial charge in [0.25, 0.3) is 0 Å². The van der Waals surface area contributed by atoms with E-state index in [1.54, 1.807) is 12.1 Å². The van der Waals surface area contributed by atoms with Crippen LogP contribution in [0.2, 0.25) is 0 Å². The number of primary amides is 1. The second-order valence-corrected chi connectivity index (χ2v) is 5.55. The van der Waals surface area contributed by atoms with Crippen LogP contribution in [0.15, 0.2) is 22.7 Å². The number of amides is 1. The molecule has 0 unspecified atom stereocenters. The van der Waals surface area contributed by atoms with E-state index in [1.807, 2.05) is 0 Å². The molecular weight excluding hydrogens is 315 g/mol. The maximum absolute atomic E-state index is 13.9. The smallest absolute Gasteiger partial charge is 0.239 e. The average molecular weight is 331 g/mol. The van der Waals surface area contributed by atoms with Gasteiger partial charge in [-0.3, -0.25) is 4.79 Å². The minimum absolute atomic E-state index is 0.273. The molecule has 1 aromatic carbocycles. The predicted molar refractivity (Wildman–Crippen MR) is 73.0 cm³/mol. The molecule has 19 heavy (non-hydrogen) atoms. The van der Waals surface area contributed by atoms with E-state index in [4.69, 9.17) is 10.5 Å². The van der Waals surface area contributed by atoms with E-state index in [9.17, 15) is 9.18 Å². The molecule has 3 N–H and O–H groups in total. The normalized spacial score (nSPS) is 20.4. The number of carbonyl (C=O) groups excluding carboxylic acids is 1. The third-order valence-electron chi connectivity index (χ3n) is 3.19. The fourth-order valence-corrected chi connectivity index (χ4v) is 2.46. The van der Waals surface area contributed by atoms with Gasteiger partial charge in [-0.15, -0.1) is 0 Å². The zero-order valence-electron chi connectivity index (χ0n) is 10.4. The highest BCUT2D eigenvalue weighted by Gasteiger charge is 2.23. The van der Waals surface area contributed by atoms with Crippen LogP contribution in [0.4, 0.5) is 4.39 Å². The van der Waals surface area contributed by atoms with Crippen LogP contribution in [0.3, 0.4) is 0 Å². The third-order valence-corrected chi connectivity index (χ3v) is 3.69. The molecule has 0 radical (unpaired) electrons. The Balaban J connectivity index is 2.08. The third kappa shape index (κ3) is 3.75. The molecule has 6 heteroatoms. The van der Waals surface area contributed by atoms with Gasteiger partial charge in [0.05, 0.1) is 6.61 Å². The van der Waals surface area contributed by atoms with Gasteiger partial charge in [0.2, 0.25) is 5.91 Å². The van der Waals surface area contributed by atoms with E-state index in [2.05, 4.69) is 21.2 Å². The maximum Gasteiger partial charge on any atom is 0.239 e. The molecule has 0 bridgehead atoms. The number of benzene rings is 1. The van der Waals surface area contributed by atoms with Gasteiger partial charge in [-0.2, -0.15) is 0 Å². The average Bonchev–Trinajstić information content (AvgIpc) is 2.84. The number of nitrogens with one attached hydrogen (secondary N) is 1. The molecule has 1 fully saturated rings. The van der Waals surface area contributed by atoms with E-state index in [1.165, 1.54) is 6.07 Å². The Labute approximate surface area is 119 Å². The Bertz CT molecular complexity index is 464. The molecule has 104 valence electrons. The first-order valence-electron chi connectivity index (χ1n) is 6.13. The van der Waals surface area contributed by atoms with Crippen LogP contribution < -0.4 is 11.1 Å². The van der Waals surface area contributed by atoms with Crippen LogP contribution in [0.25, 0.3) is 0 Å². The topological polar surface area (TPSA) is 64.4 Å². The Morgan fingerprint density at radius 3 is 3.00 bits per heavy atom. The molecule has 1 amide bonds. The largest absolute Gasteiger partial charge is 0.381 e. The quantitative estimate of drug-likeness (QED) is 0.864. The van der Waals surface area contributed by atoms with Crippen molar-refractivity contribution in [1.29, 1.82) is 0 Å². The van der Waals surface area contributed by atoms with Crippen molar-refractivity contribution in [2.75, 3.05) is 19.8 Å². The Hall–Kier alpha value is -0.980. The predicted octanol–water partition coefficient (Wildman–Crippen LogP) is 1.74. The van der Waals surface area contributed by atoms with E-state index >= 15 is 0 Å². The summed E-state index contributed by atoms with van der Waals surface area (Å²) in [5.74, 6) is -0.686. The number of nitrogens with two attached hydrogens (primary N) is 1. The second-order valence-electron chi connectivity index (χ2n) is 4.64. The molecule has 0 aromatic heterocycles. The number of carbonyl (C=O) groups is 1. The van der Waals surface area contributed by atoms with Crippen molar-refractivity contribution in [2.24, 2.45) is 11.7 Å². The van der Waals surface area contributed by atoms with Crippen molar-refractivity contribution >= 4 is 21.8 Å². The highest BCUT2D eigenvalue weighted by atomic mass is 79.9. The van der Waals surface area contributed by atoms with Crippen LogP contribution in [0.5, 0.6) is 0 Å². The van der Waals surface area contributed by atoms with E-state index < -0.39 is 17.8 Å². The summed E-state index contributed by atoms with van der Waals surface area (Å²) in [6.45, 7) is 1.99. The molecule has 1 aromatic rings. The summed E-state index contributed by atoms with van der Waals surface area (Å²) in [6.07, 6.45) is 0.946. The van der Waals surface area contributed by atoms with Crippen molar-refractivity contribution < 1.29 is 13.9 Å². The van der Waals surface area contributed by atoms with Crippen molar-refractivity contribution in [3.05, 3.63) is 34.1 Å². The van der Waals surface area contributed by atoms with Crippen molar-refractivity contribution in [3.8, 4) is 0 Å². The van der Waals surface area contributed by atoms with Crippen molar-refractivity contribution in [1.82, 2.24) is 5.32 Å². The SMILES string of the molecule is NC(=O)[C@@H](NC[C@@H]1CCOC1)c1ccc(Br)cc1F.